The monoisotopic (exact) mass is 536 g/mol. The third-order valence-corrected chi connectivity index (χ3v) is 9.44. The van der Waals surface area contributed by atoms with Crippen LogP contribution >= 0.6 is 0 Å². The van der Waals surface area contributed by atoms with Crippen LogP contribution < -0.4 is 0 Å². The zero-order valence-electron chi connectivity index (χ0n) is 26.0. The maximum atomic E-state index is 5.35. The Hall–Kier alpha value is -3.14. The van der Waals surface area contributed by atoms with Crippen molar-refractivity contribution >= 4 is 33.2 Å². The van der Waals surface area contributed by atoms with Crippen LogP contribution in [0.4, 0.5) is 0 Å². The number of aromatic nitrogens is 4. The second-order valence-electron chi connectivity index (χ2n) is 11.3. The van der Waals surface area contributed by atoms with E-state index in [-0.39, 0.29) is 0 Å². The molecule has 0 saturated heterocycles. The summed E-state index contributed by atoms with van der Waals surface area (Å²) < 4.78 is 0. The quantitative estimate of drug-likeness (QED) is 0.301. The van der Waals surface area contributed by atoms with E-state index in [4.69, 9.17) is 9.97 Å². The molecule has 3 aromatic heterocycles. The summed E-state index contributed by atoms with van der Waals surface area (Å²) in [5, 5.41) is 0. The number of hydrogen-bond acceptors (Lipinski definition) is 2. The van der Waals surface area contributed by atoms with Gasteiger partial charge in [0, 0.05) is 45.3 Å². The highest BCUT2D eigenvalue weighted by Crippen LogP contribution is 2.43. The van der Waals surface area contributed by atoms with E-state index in [1.807, 2.05) is 0 Å². The number of nitrogens with one attached hydrogen (secondary N) is 2. The van der Waals surface area contributed by atoms with Gasteiger partial charge in [-0.05, 0) is 109 Å². The molecule has 8 bridgehead atoms. The minimum absolute atomic E-state index is 0.423. The van der Waals surface area contributed by atoms with Gasteiger partial charge in [-0.15, -0.1) is 0 Å². The van der Waals surface area contributed by atoms with Gasteiger partial charge in [0.2, 0.25) is 0 Å². The summed E-state index contributed by atoms with van der Waals surface area (Å²) in [6, 6.07) is 9.38. The molecule has 2 N–H and O–H groups in total. The molecule has 40 heavy (non-hydrogen) atoms. The van der Waals surface area contributed by atoms with Crippen LogP contribution in [0.5, 0.6) is 0 Å². The molecule has 5 heterocycles. The van der Waals surface area contributed by atoms with Gasteiger partial charge in [0.15, 0.2) is 0 Å². The summed E-state index contributed by atoms with van der Waals surface area (Å²) in [5.41, 5.74) is 18.0. The first-order valence-corrected chi connectivity index (χ1v) is 16.0. The van der Waals surface area contributed by atoms with Crippen LogP contribution in [0, 0.1) is 0 Å². The van der Waals surface area contributed by atoms with E-state index in [0.717, 1.165) is 62.8 Å². The fourth-order valence-electron chi connectivity index (χ4n) is 7.51. The van der Waals surface area contributed by atoms with Crippen LogP contribution in [0.2, 0.25) is 0 Å². The molecule has 0 radical (unpaired) electrons. The lowest BCUT2D eigenvalue weighted by molar-refractivity contribution is 0.532. The maximum Gasteiger partial charge on any atom is 0.0693 e. The molecule has 2 aliphatic heterocycles. The van der Waals surface area contributed by atoms with E-state index in [1.165, 1.54) is 66.9 Å². The maximum absolute atomic E-state index is 5.35. The lowest BCUT2D eigenvalue weighted by Crippen LogP contribution is -2.03. The molecule has 2 aliphatic rings. The Balaban J connectivity index is 2.00. The molecular formula is C36H48N4. The number of nitrogens with zero attached hydrogens (tertiary/aromatic N) is 2. The normalized spacial score (nSPS) is 17.2. The van der Waals surface area contributed by atoms with E-state index in [2.05, 4.69) is 89.6 Å². The number of aromatic amines is 2. The molecule has 0 spiro atoms. The Labute approximate surface area is 240 Å². The number of hydrogen-bond donors (Lipinski definition) is 2. The van der Waals surface area contributed by atoms with Crippen molar-refractivity contribution in [2.45, 2.75) is 119 Å². The van der Waals surface area contributed by atoms with Gasteiger partial charge in [-0.3, -0.25) is 4.98 Å². The molecule has 0 aromatic carbocycles. The van der Waals surface area contributed by atoms with Crippen LogP contribution in [0.25, 0.3) is 33.2 Å². The van der Waals surface area contributed by atoms with Crippen molar-refractivity contribution in [2.75, 3.05) is 0 Å². The lowest BCUT2D eigenvalue weighted by atomic mass is 9.85. The van der Waals surface area contributed by atoms with Gasteiger partial charge in [-0.2, -0.15) is 0 Å². The molecular weight excluding hydrogens is 488 g/mol. The van der Waals surface area contributed by atoms with Crippen molar-refractivity contribution in [3.05, 3.63) is 69.3 Å². The predicted octanol–water partition coefficient (Wildman–Crippen LogP) is 9.98. The average Bonchev–Trinajstić information content (AvgIpc) is 3.67. The fourth-order valence-corrected chi connectivity index (χ4v) is 7.51. The van der Waals surface area contributed by atoms with Gasteiger partial charge in [-0.25, -0.2) is 4.98 Å². The first kappa shape index (κ1) is 28.4. The third-order valence-electron chi connectivity index (χ3n) is 9.44. The summed E-state index contributed by atoms with van der Waals surface area (Å²) in [6.07, 6.45) is 8.15. The van der Waals surface area contributed by atoms with Crippen molar-refractivity contribution in [2.24, 2.45) is 0 Å². The molecule has 0 fully saturated rings. The van der Waals surface area contributed by atoms with Gasteiger partial charge in [0.1, 0.15) is 0 Å². The highest BCUT2D eigenvalue weighted by atomic mass is 14.8. The SMILES string of the molecule is CCC1=C(CC)c2cc3[nH]c(cc4[nH]c(cc5nc(cc1n2)C(CC)C5CC)c(CC)c4CC)c(CC)c3CC. The zero-order chi connectivity index (χ0) is 28.6. The van der Waals surface area contributed by atoms with Crippen LogP contribution in [0.3, 0.4) is 0 Å². The molecule has 2 unspecified atom stereocenters. The van der Waals surface area contributed by atoms with E-state index in [9.17, 15) is 0 Å². The van der Waals surface area contributed by atoms with Crippen molar-refractivity contribution < 1.29 is 0 Å². The summed E-state index contributed by atoms with van der Waals surface area (Å²) in [4.78, 5) is 18.4. The standard InChI is InChI=1S/C36H48N4/c1-9-21-22(10-2)30-18-32-25(13-5)26(14-6)34(39-32)20-36-28(16-8)27(15-7)35(40-36)19-33-24(12-4)23(11-3)31(38-33)17-29(21)37-30/h17-22,38,40H,9-16H2,1-8H3. The van der Waals surface area contributed by atoms with Crippen LogP contribution in [0.15, 0.2) is 24.3 Å². The van der Waals surface area contributed by atoms with Crippen molar-refractivity contribution in [1.29, 1.82) is 0 Å². The Kier molecular flexibility index (Phi) is 8.35. The van der Waals surface area contributed by atoms with Crippen LogP contribution in [-0.4, -0.2) is 19.9 Å². The average molecular weight is 537 g/mol. The third kappa shape index (κ3) is 4.63. The van der Waals surface area contributed by atoms with E-state index < -0.39 is 0 Å². The number of aryl methyl sites for hydroxylation is 4. The summed E-state index contributed by atoms with van der Waals surface area (Å²) in [7, 11) is 0. The van der Waals surface area contributed by atoms with Crippen molar-refractivity contribution in [3.63, 3.8) is 0 Å². The van der Waals surface area contributed by atoms with Crippen LogP contribution in [-0.2, 0) is 25.7 Å². The molecule has 2 atom stereocenters. The molecule has 0 aliphatic carbocycles. The number of rotatable bonds is 8. The molecule has 3 aromatic rings. The van der Waals surface area contributed by atoms with E-state index >= 15 is 0 Å². The topological polar surface area (TPSA) is 57.4 Å². The second-order valence-corrected chi connectivity index (χ2v) is 11.3. The minimum atomic E-state index is 0.423. The Morgan fingerprint density at radius 2 is 0.875 bits per heavy atom. The van der Waals surface area contributed by atoms with Gasteiger partial charge < -0.3 is 9.97 Å². The van der Waals surface area contributed by atoms with Gasteiger partial charge in [0.05, 0.1) is 11.4 Å². The molecule has 0 saturated carbocycles. The summed E-state index contributed by atoms with van der Waals surface area (Å²) in [6.45, 7) is 18.3. The highest BCUT2D eigenvalue weighted by molar-refractivity contribution is 5.93. The molecule has 4 nitrogen and oxygen atoms in total. The van der Waals surface area contributed by atoms with Gasteiger partial charge in [-0.1, -0.05) is 55.4 Å². The van der Waals surface area contributed by atoms with E-state index in [1.54, 1.807) is 0 Å². The Morgan fingerprint density at radius 3 is 1.30 bits per heavy atom. The number of fused-ring (bicyclic) bond motifs is 8. The fraction of sp³-hybridized carbons (Fsp3) is 0.500. The summed E-state index contributed by atoms with van der Waals surface area (Å²) in [5.74, 6) is 0.852. The van der Waals surface area contributed by atoms with E-state index in [0.29, 0.717) is 11.8 Å². The minimum Gasteiger partial charge on any atom is -0.355 e. The number of H-pyrrole nitrogens is 2. The Morgan fingerprint density at radius 1 is 0.475 bits per heavy atom. The van der Waals surface area contributed by atoms with Crippen molar-refractivity contribution in [1.82, 2.24) is 19.9 Å². The van der Waals surface area contributed by atoms with Crippen molar-refractivity contribution in [3.8, 4) is 0 Å². The molecule has 212 valence electrons. The Bertz CT molecular complexity index is 1600. The summed E-state index contributed by atoms with van der Waals surface area (Å²) >= 11 is 0. The highest BCUT2D eigenvalue weighted by Gasteiger charge is 2.30. The second kappa shape index (κ2) is 11.8. The first-order valence-electron chi connectivity index (χ1n) is 16.0. The molecule has 4 heteroatoms. The zero-order valence-corrected chi connectivity index (χ0v) is 26.0. The van der Waals surface area contributed by atoms with Gasteiger partial charge >= 0.3 is 0 Å². The molecule has 5 rings (SSSR count). The molecule has 0 amide bonds. The van der Waals surface area contributed by atoms with Crippen LogP contribution in [0.1, 0.15) is 138 Å². The largest absolute Gasteiger partial charge is 0.355 e. The van der Waals surface area contributed by atoms with Gasteiger partial charge in [0.25, 0.3) is 0 Å². The first-order chi connectivity index (χ1) is 19.5. The predicted molar refractivity (Wildman–Crippen MR) is 172 cm³/mol. The lowest BCUT2D eigenvalue weighted by Gasteiger charge is -2.16. The number of allylic oxidation sites excluding steroid dienone is 2. The smallest absolute Gasteiger partial charge is 0.0693 e.